The highest BCUT2D eigenvalue weighted by Gasteiger charge is 2.03. The minimum atomic E-state index is -0.504. The first-order valence-corrected chi connectivity index (χ1v) is 5.78. The summed E-state index contributed by atoms with van der Waals surface area (Å²) in [6.07, 6.45) is -0.504. The van der Waals surface area contributed by atoms with E-state index < -0.39 is 6.09 Å². The number of nitrogens with one attached hydrogen (secondary N) is 1. The summed E-state index contributed by atoms with van der Waals surface area (Å²) < 4.78 is 5.08. The van der Waals surface area contributed by atoms with Gasteiger partial charge in [-0.2, -0.15) is 5.26 Å². The van der Waals surface area contributed by atoms with E-state index in [1.54, 1.807) is 48.5 Å². The minimum absolute atomic E-state index is 0.359. The number of nitrogens with zero attached hydrogens (tertiary/aromatic N) is 1. The van der Waals surface area contributed by atoms with Crippen LogP contribution in [0.1, 0.15) is 11.1 Å². The van der Waals surface area contributed by atoms with Crippen LogP contribution in [0.3, 0.4) is 0 Å². The van der Waals surface area contributed by atoms with Crippen LogP contribution in [0.25, 0.3) is 0 Å². The first-order valence-electron chi connectivity index (χ1n) is 5.78. The summed E-state index contributed by atoms with van der Waals surface area (Å²) in [5.41, 5.74) is 1.50. The summed E-state index contributed by atoms with van der Waals surface area (Å²) in [6, 6.07) is 17.9. The molecular formula is C15H12N2O2. The number of para-hydroxylation sites is 1. The van der Waals surface area contributed by atoms with Gasteiger partial charge >= 0.3 is 6.09 Å². The van der Waals surface area contributed by atoms with Gasteiger partial charge in [-0.15, -0.1) is 0 Å². The average Bonchev–Trinajstić information content (AvgIpc) is 2.47. The van der Waals surface area contributed by atoms with Crippen molar-refractivity contribution >= 4 is 6.09 Å². The van der Waals surface area contributed by atoms with E-state index in [2.05, 4.69) is 5.32 Å². The van der Waals surface area contributed by atoms with Crippen LogP contribution in [-0.2, 0) is 6.54 Å². The van der Waals surface area contributed by atoms with Crippen molar-refractivity contribution in [1.29, 1.82) is 5.26 Å². The predicted octanol–water partition coefficient (Wildman–Crippen LogP) is 2.85. The molecule has 0 spiro atoms. The predicted molar refractivity (Wildman–Crippen MR) is 70.5 cm³/mol. The summed E-state index contributed by atoms with van der Waals surface area (Å²) in [7, 11) is 0. The molecule has 0 unspecified atom stereocenters. The van der Waals surface area contributed by atoms with E-state index in [9.17, 15) is 4.79 Å². The lowest BCUT2D eigenvalue weighted by Crippen LogP contribution is -2.26. The normalized spacial score (nSPS) is 9.42. The van der Waals surface area contributed by atoms with Gasteiger partial charge in [0.2, 0.25) is 0 Å². The Morgan fingerprint density at radius 3 is 2.42 bits per heavy atom. The van der Waals surface area contributed by atoms with Gasteiger partial charge in [-0.05, 0) is 29.8 Å². The Hall–Kier alpha value is -2.80. The van der Waals surface area contributed by atoms with E-state index in [1.807, 2.05) is 12.1 Å². The molecule has 0 atom stereocenters. The molecular weight excluding hydrogens is 240 g/mol. The summed E-state index contributed by atoms with van der Waals surface area (Å²) in [5.74, 6) is 0.500. The van der Waals surface area contributed by atoms with Crippen LogP contribution in [0, 0.1) is 11.3 Å². The Balaban J connectivity index is 1.85. The third-order valence-corrected chi connectivity index (χ3v) is 2.47. The molecule has 0 bridgehead atoms. The van der Waals surface area contributed by atoms with Crippen molar-refractivity contribution in [3.05, 3.63) is 65.7 Å². The van der Waals surface area contributed by atoms with Crippen molar-refractivity contribution in [2.45, 2.75) is 6.54 Å². The molecule has 4 heteroatoms. The Bertz CT molecular complexity index is 586. The zero-order valence-corrected chi connectivity index (χ0v) is 10.2. The highest BCUT2D eigenvalue weighted by atomic mass is 16.5. The Morgan fingerprint density at radius 1 is 1.11 bits per heavy atom. The third-order valence-electron chi connectivity index (χ3n) is 2.47. The van der Waals surface area contributed by atoms with Crippen molar-refractivity contribution in [2.75, 3.05) is 0 Å². The van der Waals surface area contributed by atoms with Crippen LogP contribution >= 0.6 is 0 Å². The van der Waals surface area contributed by atoms with Crippen molar-refractivity contribution in [3.8, 4) is 11.8 Å². The molecule has 2 aromatic carbocycles. The lowest BCUT2D eigenvalue weighted by atomic mass is 10.1. The molecule has 0 fully saturated rings. The zero-order valence-electron chi connectivity index (χ0n) is 10.2. The molecule has 0 aliphatic heterocycles. The van der Waals surface area contributed by atoms with Gasteiger partial charge in [-0.3, -0.25) is 0 Å². The second kappa shape index (κ2) is 6.22. The first-order chi connectivity index (χ1) is 9.28. The summed E-state index contributed by atoms with van der Waals surface area (Å²) in [4.78, 5) is 11.5. The van der Waals surface area contributed by atoms with Crippen LogP contribution in [0.15, 0.2) is 54.6 Å². The molecule has 0 aliphatic carbocycles. The zero-order chi connectivity index (χ0) is 13.5. The standard InChI is InChI=1S/C15H12N2O2/c16-10-12-6-8-13(9-7-12)11-17-15(18)19-14-4-2-1-3-5-14/h1-9H,11H2,(H,17,18). The highest BCUT2D eigenvalue weighted by molar-refractivity contribution is 5.70. The van der Waals surface area contributed by atoms with Crippen LogP contribution in [0.2, 0.25) is 0 Å². The van der Waals surface area contributed by atoms with Crippen molar-refractivity contribution in [1.82, 2.24) is 5.32 Å². The number of carbonyl (C=O) groups is 1. The number of ether oxygens (including phenoxy) is 1. The maximum absolute atomic E-state index is 11.5. The van der Waals surface area contributed by atoms with E-state index in [0.29, 0.717) is 17.9 Å². The summed E-state index contributed by atoms with van der Waals surface area (Å²) in [5, 5.41) is 11.3. The molecule has 19 heavy (non-hydrogen) atoms. The maximum atomic E-state index is 11.5. The van der Waals surface area contributed by atoms with Gasteiger partial charge in [0.15, 0.2) is 0 Å². The van der Waals surface area contributed by atoms with Crippen molar-refractivity contribution < 1.29 is 9.53 Å². The SMILES string of the molecule is N#Cc1ccc(CNC(=O)Oc2ccccc2)cc1. The lowest BCUT2D eigenvalue weighted by Gasteiger charge is -2.06. The second-order valence-corrected chi connectivity index (χ2v) is 3.86. The number of carbonyl (C=O) groups excluding carboxylic acids is 1. The first kappa shape index (κ1) is 12.7. The fourth-order valence-electron chi connectivity index (χ4n) is 1.50. The molecule has 0 saturated heterocycles. The molecule has 0 saturated carbocycles. The highest BCUT2D eigenvalue weighted by Crippen LogP contribution is 2.08. The van der Waals surface area contributed by atoms with Crippen molar-refractivity contribution in [2.24, 2.45) is 0 Å². The Morgan fingerprint density at radius 2 is 1.79 bits per heavy atom. The molecule has 2 rings (SSSR count). The number of amides is 1. The molecule has 0 aliphatic rings. The fourth-order valence-corrected chi connectivity index (χ4v) is 1.50. The monoisotopic (exact) mass is 252 g/mol. The average molecular weight is 252 g/mol. The quantitative estimate of drug-likeness (QED) is 0.913. The molecule has 0 aromatic heterocycles. The molecule has 0 heterocycles. The second-order valence-electron chi connectivity index (χ2n) is 3.86. The van der Waals surface area contributed by atoms with Gasteiger partial charge in [0.25, 0.3) is 0 Å². The molecule has 1 N–H and O–H groups in total. The van der Waals surface area contributed by atoms with E-state index in [-0.39, 0.29) is 0 Å². The number of rotatable bonds is 3. The van der Waals surface area contributed by atoms with E-state index in [4.69, 9.17) is 10.00 Å². The topological polar surface area (TPSA) is 62.1 Å². The number of hydrogen-bond acceptors (Lipinski definition) is 3. The van der Waals surface area contributed by atoms with Crippen LogP contribution < -0.4 is 10.1 Å². The van der Waals surface area contributed by atoms with E-state index >= 15 is 0 Å². The molecule has 4 nitrogen and oxygen atoms in total. The van der Waals surface area contributed by atoms with Gasteiger partial charge in [0.05, 0.1) is 11.6 Å². The number of benzene rings is 2. The molecule has 0 radical (unpaired) electrons. The lowest BCUT2D eigenvalue weighted by molar-refractivity contribution is 0.200. The van der Waals surface area contributed by atoms with Gasteiger partial charge in [0.1, 0.15) is 5.75 Å². The minimum Gasteiger partial charge on any atom is -0.410 e. The number of hydrogen-bond donors (Lipinski definition) is 1. The van der Waals surface area contributed by atoms with Gasteiger partial charge in [0, 0.05) is 6.54 Å². The number of nitriles is 1. The third kappa shape index (κ3) is 3.86. The van der Waals surface area contributed by atoms with Crippen LogP contribution in [0.4, 0.5) is 4.79 Å². The molecule has 2 aromatic rings. The molecule has 94 valence electrons. The Labute approximate surface area is 111 Å². The smallest absolute Gasteiger partial charge is 0.410 e. The van der Waals surface area contributed by atoms with Gasteiger partial charge in [-0.1, -0.05) is 30.3 Å². The van der Waals surface area contributed by atoms with Gasteiger partial charge < -0.3 is 10.1 Å². The largest absolute Gasteiger partial charge is 0.412 e. The van der Waals surface area contributed by atoms with Crippen molar-refractivity contribution in [3.63, 3.8) is 0 Å². The van der Waals surface area contributed by atoms with Crippen LogP contribution in [0.5, 0.6) is 5.75 Å². The van der Waals surface area contributed by atoms with E-state index in [0.717, 1.165) is 5.56 Å². The van der Waals surface area contributed by atoms with Gasteiger partial charge in [-0.25, -0.2) is 4.79 Å². The summed E-state index contributed by atoms with van der Waals surface area (Å²) >= 11 is 0. The summed E-state index contributed by atoms with van der Waals surface area (Å²) in [6.45, 7) is 0.359. The maximum Gasteiger partial charge on any atom is 0.412 e. The fraction of sp³-hybridized carbons (Fsp3) is 0.0667. The van der Waals surface area contributed by atoms with E-state index in [1.165, 1.54) is 0 Å². The van der Waals surface area contributed by atoms with Crippen LogP contribution in [-0.4, -0.2) is 6.09 Å². The Kier molecular flexibility index (Phi) is 4.14. The molecule has 1 amide bonds.